The molecule has 0 fully saturated rings. The molecule has 11 nitrogen and oxygen atoms in total. The van der Waals surface area contributed by atoms with Crippen LogP contribution >= 0.6 is 0 Å². The summed E-state index contributed by atoms with van der Waals surface area (Å²) in [7, 11) is 4.51. The molecule has 0 atom stereocenters. The van der Waals surface area contributed by atoms with E-state index in [4.69, 9.17) is 5.11 Å². The fourth-order valence-electron chi connectivity index (χ4n) is 1.18. The van der Waals surface area contributed by atoms with Gasteiger partial charge in [0.2, 0.25) is 0 Å². The van der Waals surface area contributed by atoms with Gasteiger partial charge < -0.3 is 24.1 Å². The Balaban J connectivity index is 0. The Morgan fingerprint density at radius 1 is 0.692 bits per heavy atom. The number of aliphatic hydroxyl groups is 1. The van der Waals surface area contributed by atoms with Crippen molar-refractivity contribution in [3.05, 3.63) is 11.8 Å². The highest BCUT2D eigenvalue weighted by Gasteiger charge is 2.22. The lowest BCUT2D eigenvalue weighted by Crippen LogP contribution is -2.18. The van der Waals surface area contributed by atoms with Gasteiger partial charge in [-0.25, -0.2) is 4.79 Å². The van der Waals surface area contributed by atoms with Crippen molar-refractivity contribution in [1.82, 2.24) is 0 Å². The first-order valence-corrected chi connectivity index (χ1v) is 6.84. The lowest BCUT2D eigenvalue weighted by atomic mass is 10.1. The Kier molecular flexibility index (Phi) is 13.6. The summed E-state index contributed by atoms with van der Waals surface area (Å²) >= 11 is 0. The van der Waals surface area contributed by atoms with Gasteiger partial charge in [0.1, 0.15) is 24.8 Å². The van der Waals surface area contributed by atoms with Crippen molar-refractivity contribution in [3.63, 3.8) is 0 Å². The normalized spacial score (nSPS) is 9.77. The topological polar surface area (TPSA) is 160 Å². The third-order valence-corrected chi connectivity index (χ3v) is 2.51. The van der Waals surface area contributed by atoms with Crippen LogP contribution in [0.4, 0.5) is 0 Å². The highest BCUT2D eigenvalue weighted by molar-refractivity contribution is 6.20. The second-order valence-corrected chi connectivity index (χ2v) is 4.25. The predicted molar refractivity (Wildman–Crippen MR) is 82.6 cm³/mol. The SMILES string of the molecule is COC(=O)CC(=O)C(=CO)C(=O)OC.COC(=O)CC(=O)CC(=O)OC. The van der Waals surface area contributed by atoms with Gasteiger partial charge in [0, 0.05) is 0 Å². The molecule has 0 aromatic rings. The molecule has 0 rings (SSSR count). The maximum absolute atomic E-state index is 11.1. The minimum atomic E-state index is -0.999. The van der Waals surface area contributed by atoms with E-state index in [1.165, 1.54) is 14.2 Å². The number of carbonyl (C=O) groups is 6. The molecule has 0 spiro atoms. The van der Waals surface area contributed by atoms with Crippen LogP contribution in [0.15, 0.2) is 11.8 Å². The van der Waals surface area contributed by atoms with Gasteiger partial charge in [0.15, 0.2) is 11.6 Å². The summed E-state index contributed by atoms with van der Waals surface area (Å²) in [6.45, 7) is 0. The molecule has 0 bridgehead atoms. The fraction of sp³-hybridized carbons (Fsp3) is 0.467. The van der Waals surface area contributed by atoms with Gasteiger partial charge in [-0.05, 0) is 0 Å². The van der Waals surface area contributed by atoms with E-state index in [1.54, 1.807) is 0 Å². The number of hydrogen-bond donors (Lipinski definition) is 1. The van der Waals surface area contributed by atoms with Gasteiger partial charge >= 0.3 is 23.9 Å². The zero-order chi connectivity index (χ0) is 20.7. The van der Waals surface area contributed by atoms with Crippen molar-refractivity contribution in [1.29, 1.82) is 0 Å². The number of methoxy groups -OCH3 is 4. The van der Waals surface area contributed by atoms with Gasteiger partial charge in [-0.3, -0.25) is 24.0 Å². The molecule has 0 aromatic heterocycles. The van der Waals surface area contributed by atoms with Crippen LogP contribution in [0, 0.1) is 0 Å². The van der Waals surface area contributed by atoms with E-state index in [0.29, 0.717) is 6.26 Å². The Bertz CT molecular complexity index is 554. The number of hydrogen-bond acceptors (Lipinski definition) is 11. The molecule has 0 aliphatic heterocycles. The van der Waals surface area contributed by atoms with Crippen LogP contribution in [0.2, 0.25) is 0 Å². The lowest BCUT2D eigenvalue weighted by molar-refractivity contribution is -0.147. The van der Waals surface area contributed by atoms with Crippen molar-refractivity contribution < 1.29 is 52.8 Å². The molecule has 146 valence electrons. The van der Waals surface area contributed by atoms with Crippen LogP contribution in [-0.2, 0) is 47.7 Å². The standard InChI is InChI=1S/C8H10O6.C7H10O5/c1-13-7(11)3-6(10)5(4-9)8(12)14-2;1-11-6(9)3-5(8)4-7(10)12-2/h4,9H,3H2,1-2H3;3-4H2,1-2H3. The lowest BCUT2D eigenvalue weighted by Gasteiger charge is -2.01. The molecule has 11 heteroatoms. The van der Waals surface area contributed by atoms with Crippen molar-refractivity contribution in [2.45, 2.75) is 19.3 Å². The Labute approximate surface area is 148 Å². The average molecular weight is 376 g/mol. The maximum Gasteiger partial charge on any atom is 0.344 e. The molecule has 0 saturated carbocycles. The van der Waals surface area contributed by atoms with E-state index in [9.17, 15) is 28.8 Å². The molecule has 0 heterocycles. The van der Waals surface area contributed by atoms with E-state index in [0.717, 1.165) is 14.2 Å². The number of aliphatic hydroxyl groups excluding tert-OH is 1. The van der Waals surface area contributed by atoms with Gasteiger partial charge in [0.05, 0.1) is 34.7 Å². The van der Waals surface area contributed by atoms with Crippen LogP contribution in [0.5, 0.6) is 0 Å². The molecule has 0 radical (unpaired) electrons. The summed E-state index contributed by atoms with van der Waals surface area (Å²) in [5, 5.41) is 8.55. The van der Waals surface area contributed by atoms with E-state index in [-0.39, 0.29) is 12.8 Å². The smallest absolute Gasteiger partial charge is 0.344 e. The number of ether oxygens (including phenoxy) is 4. The van der Waals surface area contributed by atoms with Crippen LogP contribution < -0.4 is 0 Å². The van der Waals surface area contributed by atoms with Gasteiger partial charge in [0.25, 0.3) is 0 Å². The summed E-state index contributed by atoms with van der Waals surface area (Å²) in [6.07, 6.45) is -1.08. The third kappa shape index (κ3) is 11.3. The van der Waals surface area contributed by atoms with Crippen LogP contribution in [0.25, 0.3) is 0 Å². The predicted octanol–water partition coefficient (Wildman–Crippen LogP) is -0.585. The minimum absolute atomic E-state index is 0.303. The van der Waals surface area contributed by atoms with Crippen molar-refractivity contribution in [3.8, 4) is 0 Å². The summed E-state index contributed by atoms with van der Waals surface area (Å²) < 4.78 is 16.9. The van der Waals surface area contributed by atoms with Gasteiger partial charge in [-0.2, -0.15) is 0 Å². The Morgan fingerprint density at radius 3 is 1.38 bits per heavy atom. The molecule has 0 amide bonds. The highest BCUT2D eigenvalue weighted by atomic mass is 16.5. The molecular formula is C15H20O11. The monoisotopic (exact) mass is 376 g/mol. The zero-order valence-electron chi connectivity index (χ0n) is 14.7. The number of Topliss-reactive ketones (excluding diaryl/α,β-unsaturated/α-hetero) is 2. The van der Waals surface area contributed by atoms with Crippen molar-refractivity contribution >= 4 is 35.4 Å². The second kappa shape index (κ2) is 14.1. The largest absolute Gasteiger partial charge is 0.515 e. The zero-order valence-corrected chi connectivity index (χ0v) is 14.7. The maximum atomic E-state index is 11.1. The highest BCUT2D eigenvalue weighted by Crippen LogP contribution is 2.02. The summed E-state index contributed by atoms with van der Waals surface area (Å²) in [4.78, 5) is 64.4. The first-order chi connectivity index (χ1) is 12.2. The molecule has 1 N–H and O–H groups in total. The molecular weight excluding hydrogens is 356 g/mol. The van der Waals surface area contributed by atoms with Crippen molar-refractivity contribution in [2.75, 3.05) is 28.4 Å². The third-order valence-electron chi connectivity index (χ3n) is 2.51. The molecule has 0 saturated heterocycles. The van der Waals surface area contributed by atoms with E-state index in [2.05, 4.69) is 18.9 Å². The molecule has 26 heavy (non-hydrogen) atoms. The van der Waals surface area contributed by atoms with E-state index < -0.39 is 47.4 Å². The van der Waals surface area contributed by atoms with E-state index >= 15 is 0 Å². The second-order valence-electron chi connectivity index (χ2n) is 4.25. The summed E-state index contributed by atoms with van der Waals surface area (Å²) in [5.74, 6) is -4.45. The Hall–Kier alpha value is -3.24. The summed E-state index contributed by atoms with van der Waals surface area (Å²) in [5.41, 5.74) is -0.585. The van der Waals surface area contributed by atoms with Gasteiger partial charge in [-0.15, -0.1) is 0 Å². The average Bonchev–Trinajstić information content (AvgIpc) is 2.61. The minimum Gasteiger partial charge on any atom is -0.515 e. The van der Waals surface area contributed by atoms with Crippen molar-refractivity contribution in [2.24, 2.45) is 0 Å². The fourth-order valence-corrected chi connectivity index (χ4v) is 1.18. The molecule has 0 aliphatic rings. The number of esters is 4. The van der Waals surface area contributed by atoms with Crippen LogP contribution in [-0.4, -0.2) is 69.0 Å². The van der Waals surface area contributed by atoms with E-state index in [1.807, 2.05) is 0 Å². The van der Waals surface area contributed by atoms with Gasteiger partial charge in [-0.1, -0.05) is 0 Å². The molecule has 0 unspecified atom stereocenters. The molecule has 0 aliphatic carbocycles. The van der Waals surface area contributed by atoms with Crippen LogP contribution in [0.1, 0.15) is 19.3 Å². The quantitative estimate of drug-likeness (QED) is 0.144. The summed E-state index contributed by atoms with van der Waals surface area (Å²) in [6, 6.07) is 0. The first-order valence-electron chi connectivity index (χ1n) is 6.84. The number of carbonyl (C=O) groups excluding carboxylic acids is 6. The Morgan fingerprint density at radius 2 is 1.08 bits per heavy atom. The number of ketones is 2. The first kappa shape index (κ1) is 25.0. The van der Waals surface area contributed by atoms with Crippen LogP contribution in [0.3, 0.4) is 0 Å². The number of rotatable bonds is 8. The molecule has 0 aromatic carbocycles.